The maximum absolute atomic E-state index is 11.8. The quantitative estimate of drug-likeness (QED) is 0.291. The number of hydrogen-bond donors (Lipinski definition) is 0. The molecule has 3 aromatic rings. The van der Waals surface area contributed by atoms with Gasteiger partial charge in [0.05, 0.1) is 6.61 Å². The second-order valence-electron chi connectivity index (χ2n) is 7.28. The van der Waals surface area contributed by atoms with E-state index in [0.29, 0.717) is 18.6 Å². The van der Waals surface area contributed by atoms with Gasteiger partial charge in [-0.15, -0.1) is 0 Å². The van der Waals surface area contributed by atoms with E-state index in [9.17, 15) is 4.79 Å². The van der Waals surface area contributed by atoms with Crippen LogP contribution in [0.5, 0.6) is 5.75 Å². The van der Waals surface area contributed by atoms with Crippen LogP contribution in [-0.2, 0) is 9.53 Å². The fourth-order valence-corrected chi connectivity index (χ4v) is 3.00. The maximum atomic E-state index is 11.8. The molecule has 27 heavy (non-hydrogen) atoms. The first-order chi connectivity index (χ1) is 12.9. The van der Waals surface area contributed by atoms with Gasteiger partial charge in [0.25, 0.3) is 0 Å². The second-order valence-corrected chi connectivity index (χ2v) is 7.28. The Balaban J connectivity index is 1.70. The number of carbonyl (C=O) groups excluding carboxylic acids is 1. The minimum atomic E-state index is -0.552. The zero-order valence-corrected chi connectivity index (χ0v) is 16.2. The van der Waals surface area contributed by atoms with E-state index in [1.807, 2.05) is 26.0 Å². The van der Waals surface area contributed by atoms with Gasteiger partial charge in [-0.2, -0.15) is 0 Å². The van der Waals surface area contributed by atoms with Crippen LogP contribution in [0.25, 0.3) is 21.5 Å². The summed E-state index contributed by atoms with van der Waals surface area (Å²) < 4.78 is 11.5. The van der Waals surface area contributed by atoms with E-state index >= 15 is 0 Å². The predicted molar refractivity (Wildman–Crippen MR) is 111 cm³/mol. The number of benzene rings is 3. The van der Waals surface area contributed by atoms with E-state index in [2.05, 4.69) is 49.0 Å². The van der Waals surface area contributed by atoms with Crippen LogP contribution in [-0.4, -0.2) is 18.2 Å². The Kier molecular flexibility index (Phi) is 5.50. The molecule has 3 rings (SSSR count). The molecule has 3 aromatic carbocycles. The molecule has 0 amide bonds. The molecule has 1 unspecified atom stereocenters. The van der Waals surface area contributed by atoms with Gasteiger partial charge in [0.1, 0.15) is 11.4 Å². The first kappa shape index (κ1) is 19.0. The topological polar surface area (TPSA) is 35.5 Å². The van der Waals surface area contributed by atoms with Crippen LogP contribution >= 0.6 is 0 Å². The summed E-state index contributed by atoms with van der Waals surface area (Å²) in [6.45, 7) is 9.73. The van der Waals surface area contributed by atoms with Crippen molar-refractivity contribution in [3.8, 4) is 5.75 Å². The van der Waals surface area contributed by atoms with Gasteiger partial charge in [0.15, 0.2) is 0 Å². The van der Waals surface area contributed by atoms with Gasteiger partial charge >= 0.3 is 5.97 Å². The number of carbonyl (C=O) groups is 1. The highest BCUT2D eigenvalue weighted by Gasteiger charge is 2.27. The Labute approximate surface area is 160 Å². The van der Waals surface area contributed by atoms with Crippen molar-refractivity contribution in [2.45, 2.75) is 39.2 Å². The summed E-state index contributed by atoms with van der Waals surface area (Å²) in [6, 6.07) is 18.8. The van der Waals surface area contributed by atoms with Crippen molar-refractivity contribution >= 4 is 27.5 Å². The van der Waals surface area contributed by atoms with Gasteiger partial charge in [-0.05, 0) is 66.1 Å². The lowest BCUT2D eigenvalue weighted by Crippen LogP contribution is -2.33. The number of esters is 1. The average molecular weight is 362 g/mol. The number of fused-ring (bicyclic) bond motifs is 2. The van der Waals surface area contributed by atoms with E-state index in [-0.39, 0.29) is 5.97 Å². The van der Waals surface area contributed by atoms with E-state index in [0.717, 1.165) is 17.6 Å². The van der Waals surface area contributed by atoms with Crippen molar-refractivity contribution in [2.75, 3.05) is 6.61 Å². The molecule has 1 atom stereocenters. The van der Waals surface area contributed by atoms with Crippen LogP contribution in [0.3, 0.4) is 0 Å². The van der Waals surface area contributed by atoms with Crippen molar-refractivity contribution < 1.29 is 14.3 Å². The summed E-state index contributed by atoms with van der Waals surface area (Å²) in [4.78, 5) is 11.8. The molecule has 0 N–H and O–H groups in total. The summed E-state index contributed by atoms with van der Waals surface area (Å²) in [5.74, 6) is 0.472. The summed E-state index contributed by atoms with van der Waals surface area (Å²) in [6.07, 6.45) is 1.34. The van der Waals surface area contributed by atoms with Crippen LogP contribution in [0.4, 0.5) is 0 Å². The largest absolute Gasteiger partial charge is 0.493 e. The molecule has 0 radical (unpaired) electrons. The molecule has 0 saturated heterocycles. The minimum absolute atomic E-state index is 0.350. The smallest absolute Gasteiger partial charge is 0.333 e. The fourth-order valence-electron chi connectivity index (χ4n) is 3.00. The van der Waals surface area contributed by atoms with Crippen molar-refractivity contribution in [3.05, 3.63) is 66.7 Å². The third-order valence-corrected chi connectivity index (χ3v) is 5.01. The Morgan fingerprint density at radius 2 is 1.63 bits per heavy atom. The SMILES string of the molecule is C=C(C)C(=O)OC(C)(CC)CCOc1ccc2cc3ccccc3cc2c1. The number of hydrogen-bond acceptors (Lipinski definition) is 3. The zero-order valence-electron chi connectivity index (χ0n) is 16.2. The van der Waals surface area contributed by atoms with Gasteiger partial charge in [-0.1, -0.05) is 43.8 Å². The predicted octanol–water partition coefficient (Wildman–Crippen LogP) is 6.05. The molecule has 0 aromatic heterocycles. The fraction of sp³-hybridized carbons (Fsp3) is 0.292. The Morgan fingerprint density at radius 3 is 2.26 bits per heavy atom. The van der Waals surface area contributed by atoms with Gasteiger partial charge in [0, 0.05) is 12.0 Å². The van der Waals surface area contributed by atoms with Crippen molar-refractivity contribution in [2.24, 2.45) is 0 Å². The summed E-state index contributed by atoms with van der Waals surface area (Å²) in [5, 5.41) is 4.79. The van der Waals surface area contributed by atoms with Crippen LogP contribution in [0, 0.1) is 0 Å². The molecule has 0 aliphatic heterocycles. The van der Waals surface area contributed by atoms with Crippen LogP contribution < -0.4 is 4.74 Å². The molecule has 0 bridgehead atoms. The highest BCUT2D eigenvalue weighted by Crippen LogP contribution is 2.27. The molecule has 3 nitrogen and oxygen atoms in total. The van der Waals surface area contributed by atoms with E-state index < -0.39 is 5.60 Å². The lowest BCUT2D eigenvalue weighted by molar-refractivity contribution is -0.154. The summed E-state index contributed by atoms with van der Waals surface area (Å²) >= 11 is 0. The molecule has 140 valence electrons. The first-order valence-electron chi connectivity index (χ1n) is 9.34. The average Bonchev–Trinajstić information content (AvgIpc) is 2.66. The monoisotopic (exact) mass is 362 g/mol. The van der Waals surface area contributed by atoms with Gasteiger partial charge in [0.2, 0.25) is 0 Å². The Morgan fingerprint density at radius 1 is 1.00 bits per heavy atom. The molecule has 0 saturated carbocycles. The Bertz CT molecular complexity index is 989. The van der Waals surface area contributed by atoms with E-state index in [1.165, 1.54) is 16.2 Å². The molecular formula is C24H26O3. The lowest BCUT2D eigenvalue weighted by Gasteiger charge is -2.28. The van der Waals surface area contributed by atoms with Crippen molar-refractivity contribution in [1.82, 2.24) is 0 Å². The normalized spacial score (nSPS) is 13.3. The van der Waals surface area contributed by atoms with Crippen LogP contribution in [0.1, 0.15) is 33.6 Å². The lowest BCUT2D eigenvalue weighted by atomic mass is 9.99. The molecule has 0 fully saturated rings. The van der Waals surface area contributed by atoms with E-state index in [1.54, 1.807) is 6.92 Å². The minimum Gasteiger partial charge on any atom is -0.493 e. The third-order valence-electron chi connectivity index (χ3n) is 5.01. The third kappa shape index (κ3) is 4.48. The van der Waals surface area contributed by atoms with Crippen LogP contribution in [0.2, 0.25) is 0 Å². The molecule has 0 aliphatic carbocycles. The molecular weight excluding hydrogens is 336 g/mol. The number of rotatable bonds is 7. The zero-order chi connectivity index (χ0) is 19.4. The summed E-state index contributed by atoms with van der Waals surface area (Å²) in [5.41, 5.74) is -0.138. The molecule has 0 aliphatic rings. The number of ether oxygens (including phenoxy) is 2. The van der Waals surface area contributed by atoms with Gasteiger partial charge in [-0.25, -0.2) is 4.79 Å². The molecule has 0 heterocycles. The summed E-state index contributed by atoms with van der Waals surface area (Å²) in [7, 11) is 0. The Hall–Kier alpha value is -2.81. The van der Waals surface area contributed by atoms with Gasteiger partial charge < -0.3 is 9.47 Å². The van der Waals surface area contributed by atoms with E-state index in [4.69, 9.17) is 9.47 Å². The second kappa shape index (κ2) is 7.83. The highest BCUT2D eigenvalue weighted by molar-refractivity contribution is 5.98. The van der Waals surface area contributed by atoms with Crippen molar-refractivity contribution in [1.29, 1.82) is 0 Å². The standard InChI is InChI=1S/C24H26O3/c1-5-24(4,27-23(25)17(2)3)12-13-26-22-11-10-20-14-18-8-6-7-9-19(18)15-21(20)16-22/h6-11,14-16H,2,5,12-13H2,1,3-4H3. The molecule has 0 spiro atoms. The van der Waals surface area contributed by atoms with Gasteiger partial charge in [-0.3, -0.25) is 0 Å². The highest BCUT2D eigenvalue weighted by atomic mass is 16.6. The van der Waals surface area contributed by atoms with Crippen molar-refractivity contribution in [3.63, 3.8) is 0 Å². The molecule has 3 heteroatoms. The first-order valence-corrected chi connectivity index (χ1v) is 9.34. The van der Waals surface area contributed by atoms with Crippen LogP contribution in [0.15, 0.2) is 66.7 Å². The maximum Gasteiger partial charge on any atom is 0.333 e.